The van der Waals surface area contributed by atoms with Crippen molar-refractivity contribution in [1.82, 2.24) is 4.98 Å². The standard InChI is InChI=1S/C22H30N4O4S2/c1-31(2,3)18-12-19(21(27)25-16-5-4-6-17(11-16)32(23,28)29)20(24-13-18)26-9-7-22(8-10-26)14-30-15-22/h4-6,11-13H,7-10,14-15H2,1-3H3,(H,25,27)(H2,23,28,29). The zero-order chi connectivity index (χ0) is 23.1. The minimum absolute atomic E-state index is 0.0504. The second-order valence-electron chi connectivity index (χ2n) is 9.39. The minimum Gasteiger partial charge on any atom is -0.380 e. The van der Waals surface area contributed by atoms with E-state index in [1.54, 1.807) is 12.1 Å². The van der Waals surface area contributed by atoms with Crippen LogP contribution >= 0.6 is 10.0 Å². The highest BCUT2D eigenvalue weighted by Crippen LogP contribution is 2.46. The van der Waals surface area contributed by atoms with Crippen LogP contribution in [-0.4, -0.2) is 64.4 Å². The third-order valence-electron chi connectivity index (χ3n) is 6.15. The van der Waals surface area contributed by atoms with Crippen molar-refractivity contribution in [2.24, 2.45) is 10.6 Å². The van der Waals surface area contributed by atoms with E-state index < -0.39 is 20.1 Å². The number of nitrogens with one attached hydrogen (secondary N) is 1. The molecule has 3 N–H and O–H groups in total. The third-order valence-corrected chi connectivity index (χ3v) is 8.70. The molecule has 32 heavy (non-hydrogen) atoms. The minimum atomic E-state index is -3.86. The molecule has 174 valence electrons. The number of hydrogen-bond donors (Lipinski definition) is 2. The fourth-order valence-corrected chi connectivity index (χ4v) is 5.41. The molecule has 0 saturated carbocycles. The molecule has 0 aliphatic carbocycles. The van der Waals surface area contributed by atoms with Crippen LogP contribution in [0.2, 0.25) is 0 Å². The summed E-state index contributed by atoms with van der Waals surface area (Å²) in [5.41, 5.74) is 1.14. The Kier molecular flexibility index (Phi) is 6.00. The highest BCUT2D eigenvalue weighted by molar-refractivity contribution is 8.32. The molecule has 2 aliphatic heterocycles. The Morgan fingerprint density at radius 3 is 2.38 bits per heavy atom. The molecule has 1 aromatic carbocycles. The molecule has 2 fully saturated rings. The maximum absolute atomic E-state index is 13.3. The Morgan fingerprint density at radius 2 is 1.81 bits per heavy atom. The Labute approximate surface area is 190 Å². The van der Waals surface area contributed by atoms with Gasteiger partial charge < -0.3 is 15.0 Å². The van der Waals surface area contributed by atoms with E-state index in [0.29, 0.717) is 17.1 Å². The summed E-state index contributed by atoms with van der Waals surface area (Å²) in [6.45, 7) is 3.27. The molecule has 2 aromatic rings. The lowest BCUT2D eigenvalue weighted by Gasteiger charge is -2.47. The van der Waals surface area contributed by atoms with Gasteiger partial charge in [0.05, 0.1) is 23.7 Å². The summed E-state index contributed by atoms with van der Waals surface area (Å²) in [5.74, 6) is 0.337. The Hall–Kier alpha value is -2.14. The first-order chi connectivity index (χ1) is 15.0. The highest BCUT2D eigenvalue weighted by atomic mass is 32.3. The normalized spacial score (nSPS) is 18.8. The molecule has 10 heteroatoms. The van der Waals surface area contributed by atoms with E-state index in [9.17, 15) is 13.2 Å². The topological polar surface area (TPSA) is 115 Å². The number of nitrogens with two attached hydrogens (primary N) is 1. The number of nitrogens with zero attached hydrogens (tertiary/aromatic N) is 2. The first kappa shape index (κ1) is 23.0. The number of aromatic nitrogens is 1. The number of piperidine rings is 1. The van der Waals surface area contributed by atoms with Crippen LogP contribution in [0.15, 0.2) is 46.3 Å². The number of sulfonamides is 1. The molecule has 8 nitrogen and oxygen atoms in total. The van der Waals surface area contributed by atoms with Crippen molar-refractivity contribution in [2.45, 2.75) is 22.6 Å². The lowest BCUT2D eigenvalue weighted by atomic mass is 9.77. The summed E-state index contributed by atoms with van der Waals surface area (Å²) in [4.78, 5) is 21.2. The monoisotopic (exact) mass is 478 g/mol. The van der Waals surface area contributed by atoms with Crippen molar-refractivity contribution >= 4 is 37.5 Å². The lowest BCUT2D eigenvalue weighted by molar-refractivity contribution is -0.124. The summed E-state index contributed by atoms with van der Waals surface area (Å²) in [6.07, 6.45) is 10.4. The van der Waals surface area contributed by atoms with Crippen LogP contribution in [0.25, 0.3) is 0 Å². The van der Waals surface area contributed by atoms with Crippen molar-refractivity contribution in [2.75, 3.05) is 55.3 Å². The van der Waals surface area contributed by atoms with E-state index >= 15 is 0 Å². The summed E-state index contributed by atoms with van der Waals surface area (Å²) < 4.78 is 28.8. The first-order valence-corrected chi connectivity index (χ1v) is 14.8. The summed E-state index contributed by atoms with van der Waals surface area (Å²) in [5, 5.41) is 8.06. The maximum Gasteiger partial charge on any atom is 0.259 e. The summed E-state index contributed by atoms with van der Waals surface area (Å²) in [6, 6.07) is 7.87. The van der Waals surface area contributed by atoms with E-state index in [1.807, 2.05) is 12.3 Å². The van der Waals surface area contributed by atoms with Crippen molar-refractivity contribution in [3.8, 4) is 0 Å². The van der Waals surface area contributed by atoms with Gasteiger partial charge >= 0.3 is 0 Å². The molecule has 0 radical (unpaired) electrons. The van der Waals surface area contributed by atoms with E-state index in [0.717, 1.165) is 44.0 Å². The van der Waals surface area contributed by atoms with Gasteiger partial charge in [0.15, 0.2) is 0 Å². The van der Waals surface area contributed by atoms with Gasteiger partial charge in [-0.15, -0.1) is 0 Å². The fraction of sp³-hybridized carbons (Fsp3) is 0.455. The molecule has 4 rings (SSSR count). The summed E-state index contributed by atoms with van der Waals surface area (Å²) in [7, 11) is -4.96. The zero-order valence-electron chi connectivity index (χ0n) is 18.6. The Bertz CT molecular complexity index is 1130. The number of hydrogen-bond acceptors (Lipinski definition) is 6. The zero-order valence-corrected chi connectivity index (χ0v) is 20.3. The molecular weight excluding hydrogens is 448 g/mol. The molecule has 0 bridgehead atoms. The Morgan fingerprint density at radius 1 is 1.12 bits per heavy atom. The number of carbonyl (C=O) groups is 1. The van der Waals surface area contributed by atoms with Crippen molar-refractivity contribution in [3.05, 3.63) is 42.1 Å². The number of benzene rings is 1. The predicted molar refractivity (Wildman–Crippen MR) is 128 cm³/mol. The van der Waals surface area contributed by atoms with E-state index in [1.165, 1.54) is 12.1 Å². The van der Waals surface area contributed by atoms with Gasteiger partial charge in [0.1, 0.15) is 5.82 Å². The predicted octanol–water partition coefficient (Wildman–Crippen LogP) is 2.65. The van der Waals surface area contributed by atoms with Gasteiger partial charge in [-0.2, -0.15) is 0 Å². The molecule has 1 spiro atoms. The highest BCUT2D eigenvalue weighted by Gasteiger charge is 2.41. The molecule has 2 saturated heterocycles. The van der Waals surface area contributed by atoms with Crippen LogP contribution in [-0.2, 0) is 14.8 Å². The van der Waals surface area contributed by atoms with Gasteiger partial charge in [-0.1, -0.05) is 6.07 Å². The van der Waals surface area contributed by atoms with Crippen LogP contribution in [0.4, 0.5) is 11.5 Å². The fourth-order valence-electron chi connectivity index (χ4n) is 4.01. The van der Waals surface area contributed by atoms with E-state index in [-0.39, 0.29) is 16.2 Å². The quantitative estimate of drug-likeness (QED) is 0.683. The maximum atomic E-state index is 13.3. The molecule has 2 aliphatic rings. The van der Waals surface area contributed by atoms with Gasteiger partial charge in [0.25, 0.3) is 5.91 Å². The SMILES string of the molecule is CS(C)(C)c1cnc(N2CCC3(CC2)COC3)c(C(=O)Nc2cccc(S(N)(=O)=O)c2)c1. The van der Waals surface area contributed by atoms with Crippen LogP contribution < -0.4 is 15.4 Å². The lowest BCUT2D eigenvalue weighted by Crippen LogP contribution is -2.51. The van der Waals surface area contributed by atoms with Gasteiger partial charge in [-0.05, 0) is 55.9 Å². The van der Waals surface area contributed by atoms with E-state index in [2.05, 4.69) is 29.0 Å². The Balaban J connectivity index is 1.64. The molecule has 0 atom stereocenters. The number of ether oxygens (including phenoxy) is 1. The van der Waals surface area contributed by atoms with Gasteiger partial charge in [0.2, 0.25) is 10.0 Å². The second kappa shape index (κ2) is 8.33. The number of anilines is 2. The molecule has 3 heterocycles. The number of rotatable bonds is 5. The van der Waals surface area contributed by atoms with E-state index in [4.69, 9.17) is 14.9 Å². The average molecular weight is 479 g/mol. The smallest absolute Gasteiger partial charge is 0.259 e. The van der Waals surface area contributed by atoms with Gasteiger partial charge in [0, 0.05) is 35.3 Å². The summed E-state index contributed by atoms with van der Waals surface area (Å²) >= 11 is 0. The van der Waals surface area contributed by atoms with Crippen LogP contribution in [0.3, 0.4) is 0 Å². The van der Waals surface area contributed by atoms with Gasteiger partial charge in [-0.25, -0.2) is 28.6 Å². The molecule has 1 amide bonds. The third kappa shape index (κ3) is 4.78. The van der Waals surface area contributed by atoms with Crippen LogP contribution in [0, 0.1) is 5.41 Å². The molecular formula is C22H30N4O4S2. The molecule has 1 aromatic heterocycles. The van der Waals surface area contributed by atoms with Crippen LogP contribution in [0.1, 0.15) is 23.2 Å². The van der Waals surface area contributed by atoms with Crippen LogP contribution in [0.5, 0.6) is 0 Å². The van der Waals surface area contributed by atoms with Crippen molar-refractivity contribution in [3.63, 3.8) is 0 Å². The number of primary sulfonamides is 1. The molecule has 0 unspecified atom stereocenters. The second-order valence-corrected chi connectivity index (χ2v) is 15.1. The number of carbonyl (C=O) groups excluding carboxylic acids is 1. The largest absolute Gasteiger partial charge is 0.380 e. The first-order valence-electron chi connectivity index (χ1n) is 10.4. The van der Waals surface area contributed by atoms with Gasteiger partial charge in [-0.3, -0.25) is 4.79 Å². The van der Waals surface area contributed by atoms with Crippen molar-refractivity contribution < 1.29 is 17.9 Å². The average Bonchev–Trinajstić information content (AvgIpc) is 2.71. The number of amides is 1. The number of pyridine rings is 1. The van der Waals surface area contributed by atoms with Crippen molar-refractivity contribution in [1.29, 1.82) is 0 Å².